The highest BCUT2D eigenvalue weighted by Crippen LogP contribution is 2.32. The summed E-state index contributed by atoms with van der Waals surface area (Å²) in [7, 11) is -3.61. The molecule has 0 saturated heterocycles. The predicted octanol–water partition coefficient (Wildman–Crippen LogP) is 4.45. The number of fused-ring (bicyclic) bond motifs is 1. The number of amides is 1. The Bertz CT molecular complexity index is 1690. The minimum Gasteiger partial charge on any atom is -0.506 e. The Balaban J connectivity index is 1.35. The Kier molecular flexibility index (Phi) is 9.14. The van der Waals surface area contributed by atoms with Crippen molar-refractivity contribution in [3.05, 3.63) is 94.7 Å². The Labute approximate surface area is 240 Å². The van der Waals surface area contributed by atoms with Crippen molar-refractivity contribution < 1.29 is 36.6 Å². The van der Waals surface area contributed by atoms with E-state index in [1.54, 1.807) is 6.07 Å². The van der Waals surface area contributed by atoms with Crippen LogP contribution in [-0.4, -0.2) is 48.4 Å². The summed E-state index contributed by atoms with van der Waals surface area (Å²) in [6, 6.07) is 16.4. The number of carbonyl (C=O) groups is 1. The molecule has 1 amide bonds. The number of aromatic amines is 1. The number of rotatable bonds is 11. The molecule has 4 aromatic rings. The van der Waals surface area contributed by atoms with Gasteiger partial charge in [-0.1, -0.05) is 30.3 Å². The average Bonchev–Trinajstić information content (AvgIpc) is 3.34. The van der Waals surface area contributed by atoms with Gasteiger partial charge in [0.2, 0.25) is 10.0 Å². The van der Waals surface area contributed by atoms with Crippen molar-refractivity contribution >= 4 is 32.5 Å². The molecule has 0 aliphatic rings. The van der Waals surface area contributed by atoms with Gasteiger partial charge in [-0.25, -0.2) is 8.42 Å². The van der Waals surface area contributed by atoms with E-state index in [9.17, 15) is 36.6 Å². The zero-order valence-corrected chi connectivity index (χ0v) is 23.6. The number of nitrogens with one attached hydrogen (secondary N) is 4. The Hall–Kier alpha value is -4.07. The SMILES string of the molecule is C[C@H](Cc1ccc2[nH]c(C(=O)NCc3ccccc3C(F)(F)F)cc2c1)NC[C@H](O)c1ccc(O)c(NS(C)(=O)=O)c1. The lowest BCUT2D eigenvalue weighted by Crippen LogP contribution is -2.32. The summed E-state index contributed by atoms with van der Waals surface area (Å²) in [5.41, 5.74) is 1.44. The van der Waals surface area contributed by atoms with Gasteiger partial charge in [-0.15, -0.1) is 0 Å². The van der Waals surface area contributed by atoms with Crippen molar-refractivity contribution in [3.8, 4) is 5.75 Å². The van der Waals surface area contributed by atoms with E-state index < -0.39 is 33.8 Å². The molecule has 9 nitrogen and oxygen atoms in total. The van der Waals surface area contributed by atoms with Crippen molar-refractivity contribution in [2.75, 3.05) is 17.5 Å². The van der Waals surface area contributed by atoms with Crippen molar-refractivity contribution in [3.63, 3.8) is 0 Å². The molecule has 0 bridgehead atoms. The molecule has 3 aromatic carbocycles. The number of alkyl halides is 3. The number of halogens is 3. The van der Waals surface area contributed by atoms with Crippen LogP contribution >= 0.6 is 0 Å². The molecule has 0 saturated carbocycles. The summed E-state index contributed by atoms with van der Waals surface area (Å²) >= 11 is 0. The predicted molar refractivity (Wildman–Crippen MR) is 154 cm³/mol. The van der Waals surface area contributed by atoms with Crippen molar-refractivity contribution in [2.24, 2.45) is 0 Å². The molecule has 4 rings (SSSR count). The van der Waals surface area contributed by atoms with Crippen LogP contribution in [0.25, 0.3) is 10.9 Å². The number of phenolic OH excluding ortho intramolecular Hbond substituents is 1. The lowest BCUT2D eigenvalue weighted by atomic mass is 10.0. The summed E-state index contributed by atoms with van der Waals surface area (Å²) in [5, 5.41) is 27.0. The quantitative estimate of drug-likeness (QED) is 0.140. The van der Waals surface area contributed by atoms with Gasteiger partial charge < -0.3 is 25.8 Å². The summed E-state index contributed by atoms with van der Waals surface area (Å²) in [4.78, 5) is 15.7. The molecule has 1 heterocycles. The number of aromatic nitrogens is 1. The van der Waals surface area contributed by atoms with Crippen LogP contribution in [0, 0.1) is 0 Å². The molecule has 13 heteroatoms. The zero-order valence-electron chi connectivity index (χ0n) is 22.8. The number of aromatic hydroxyl groups is 1. The molecule has 42 heavy (non-hydrogen) atoms. The van der Waals surface area contributed by atoms with Gasteiger partial charge in [0.1, 0.15) is 11.4 Å². The van der Waals surface area contributed by atoms with Crippen LogP contribution in [0.1, 0.15) is 45.8 Å². The van der Waals surface area contributed by atoms with Crippen LogP contribution in [0.3, 0.4) is 0 Å². The third-order valence-corrected chi connectivity index (χ3v) is 7.18. The van der Waals surface area contributed by atoms with Gasteiger partial charge in [-0.05, 0) is 66.4 Å². The second kappa shape index (κ2) is 12.4. The number of aliphatic hydroxyl groups excluding tert-OH is 1. The van der Waals surface area contributed by atoms with E-state index in [2.05, 4.69) is 20.3 Å². The number of hydrogen-bond acceptors (Lipinski definition) is 6. The first-order valence-corrected chi connectivity index (χ1v) is 14.9. The number of hydrogen-bond donors (Lipinski definition) is 6. The van der Waals surface area contributed by atoms with Gasteiger partial charge in [0, 0.05) is 30.0 Å². The fraction of sp³-hybridized carbons (Fsp3) is 0.276. The molecule has 224 valence electrons. The number of H-pyrrole nitrogens is 1. The number of phenols is 1. The maximum absolute atomic E-state index is 13.2. The van der Waals surface area contributed by atoms with E-state index in [0.29, 0.717) is 17.5 Å². The van der Waals surface area contributed by atoms with E-state index >= 15 is 0 Å². The second-order valence-electron chi connectivity index (χ2n) is 10.1. The van der Waals surface area contributed by atoms with Crippen molar-refractivity contribution in [1.29, 1.82) is 0 Å². The van der Waals surface area contributed by atoms with E-state index in [1.165, 1.54) is 36.4 Å². The first-order chi connectivity index (χ1) is 19.7. The largest absolute Gasteiger partial charge is 0.506 e. The lowest BCUT2D eigenvalue weighted by molar-refractivity contribution is -0.138. The molecular formula is C29H31F3N4O5S. The van der Waals surface area contributed by atoms with Crippen LogP contribution in [-0.2, 0) is 29.2 Å². The van der Waals surface area contributed by atoms with Crippen molar-refractivity contribution in [1.82, 2.24) is 15.6 Å². The highest BCUT2D eigenvalue weighted by atomic mass is 32.2. The van der Waals surface area contributed by atoms with Crippen LogP contribution in [0.2, 0.25) is 0 Å². The monoisotopic (exact) mass is 604 g/mol. The third kappa shape index (κ3) is 8.02. The zero-order chi connectivity index (χ0) is 30.7. The molecule has 0 spiro atoms. The standard InChI is InChI=1S/C29H31F3N4O5S/c1-17(33-16-27(38)19-8-10-26(37)24(13-19)36-42(2,40)41)11-18-7-9-23-21(12-18)14-25(35-23)28(39)34-15-20-5-3-4-6-22(20)29(30,31)32/h3-10,12-14,17,27,33,35-38H,11,15-16H2,1-2H3,(H,34,39)/t17-,27+/m1/s1. The average molecular weight is 605 g/mol. The Morgan fingerprint density at radius 1 is 1.05 bits per heavy atom. The molecule has 2 atom stereocenters. The highest BCUT2D eigenvalue weighted by Gasteiger charge is 2.32. The number of carbonyl (C=O) groups excluding carboxylic acids is 1. The molecule has 0 aliphatic heterocycles. The third-order valence-electron chi connectivity index (χ3n) is 6.59. The lowest BCUT2D eigenvalue weighted by Gasteiger charge is -2.18. The van der Waals surface area contributed by atoms with Crippen LogP contribution < -0.4 is 15.4 Å². The smallest absolute Gasteiger partial charge is 0.416 e. The van der Waals surface area contributed by atoms with E-state index in [-0.39, 0.29) is 41.8 Å². The van der Waals surface area contributed by atoms with E-state index in [0.717, 1.165) is 23.3 Å². The molecule has 0 fully saturated rings. The maximum Gasteiger partial charge on any atom is 0.416 e. The number of aliphatic hydroxyl groups is 1. The topological polar surface area (TPSA) is 144 Å². The summed E-state index contributed by atoms with van der Waals surface area (Å²) in [6.07, 6.45) is -3.94. The molecule has 0 aliphatic carbocycles. The first kappa shape index (κ1) is 30.9. The molecule has 6 N–H and O–H groups in total. The fourth-order valence-electron chi connectivity index (χ4n) is 4.55. The minimum absolute atomic E-state index is 0.0268. The molecule has 0 unspecified atom stereocenters. The number of anilines is 1. The van der Waals surface area contributed by atoms with Gasteiger partial charge in [0.25, 0.3) is 5.91 Å². The molecule has 1 aromatic heterocycles. The minimum atomic E-state index is -4.52. The Morgan fingerprint density at radius 3 is 2.50 bits per heavy atom. The highest BCUT2D eigenvalue weighted by molar-refractivity contribution is 7.92. The normalized spacial score (nSPS) is 13.6. The van der Waals surface area contributed by atoms with Gasteiger partial charge in [0.15, 0.2) is 0 Å². The van der Waals surface area contributed by atoms with E-state index in [4.69, 9.17) is 0 Å². The van der Waals surface area contributed by atoms with Gasteiger partial charge in [-0.3, -0.25) is 9.52 Å². The molecule has 0 radical (unpaired) electrons. The fourth-order valence-corrected chi connectivity index (χ4v) is 5.11. The van der Waals surface area contributed by atoms with Crippen LogP contribution in [0.4, 0.5) is 18.9 Å². The van der Waals surface area contributed by atoms with Crippen LogP contribution in [0.5, 0.6) is 5.75 Å². The first-order valence-electron chi connectivity index (χ1n) is 13.0. The summed E-state index contributed by atoms with van der Waals surface area (Å²) < 4.78 is 65.0. The van der Waals surface area contributed by atoms with E-state index in [1.807, 2.05) is 25.1 Å². The van der Waals surface area contributed by atoms with Gasteiger partial charge in [-0.2, -0.15) is 13.2 Å². The van der Waals surface area contributed by atoms with Gasteiger partial charge >= 0.3 is 6.18 Å². The molecular weight excluding hydrogens is 573 g/mol. The second-order valence-corrected chi connectivity index (χ2v) is 11.9. The number of sulfonamides is 1. The number of benzene rings is 3. The Morgan fingerprint density at radius 2 is 1.79 bits per heavy atom. The summed E-state index contributed by atoms with van der Waals surface area (Å²) in [5.74, 6) is -0.789. The maximum atomic E-state index is 13.2. The van der Waals surface area contributed by atoms with Gasteiger partial charge in [0.05, 0.1) is 23.6 Å². The van der Waals surface area contributed by atoms with Crippen LogP contribution in [0.15, 0.2) is 66.7 Å². The summed E-state index contributed by atoms with van der Waals surface area (Å²) in [6.45, 7) is 1.82. The van der Waals surface area contributed by atoms with Crippen molar-refractivity contribution in [2.45, 2.75) is 38.2 Å².